The van der Waals surface area contributed by atoms with Crippen LogP contribution in [-0.4, -0.2) is 23.5 Å². The molecule has 1 unspecified atom stereocenters. The first kappa shape index (κ1) is 14.5. The van der Waals surface area contributed by atoms with E-state index >= 15 is 0 Å². The third kappa shape index (κ3) is 3.24. The lowest BCUT2D eigenvalue weighted by Crippen LogP contribution is -2.37. The molecule has 1 aromatic carbocycles. The normalized spacial score (nSPS) is 15.9. The molecular weight excluding hydrogens is 330 g/mol. The van der Waals surface area contributed by atoms with Crippen LogP contribution < -0.4 is 11.1 Å². The number of halogens is 1. The largest absolute Gasteiger partial charge is 0.353 e. The van der Waals surface area contributed by atoms with E-state index in [4.69, 9.17) is 5.73 Å². The number of nitrogens with one attached hydrogen (secondary N) is 1. The summed E-state index contributed by atoms with van der Waals surface area (Å²) in [4.78, 5) is 16.7. The summed E-state index contributed by atoms with van der Waals surface area (Å²) in [7, 11) is 0. The molecule has 0 spiro atoms. The molecule has 5 heteroatoms. The van der Waals surface area contributed by atoms with E-state index < -0.39 is 0 Å². The van der Waals surface area contributed by atoms with Crippen molar-refractivity contribution in [2.45, 2.75) is 25.3 Å². The first-order valence-electron chi connectivity index (χ1n) is 7.21. The maximum absolute atomic E-state index is 12.2. The SMILES string of the molecule is NCC(Cc1ccc(Br)c2cccnc12)C(=O)NC1CC1. The van der Waals surface area contributed by atoms with Gasteiger partial charge in [0.15, 0.2) is 0 Å². The van der Waals surface area contributed by atoms with Crippen LogP contribution >= 0.6 is 15.9 Å². The zero-order valence-electron chi connectivity index (χ0n) is 11.7. The number of nitrogens with two attached hydrogens (primary N) is 1. The smallest absolute Gasteiger partial charge is 0.224 e. The van der Waals surface area contributed by atoms with Crippen LogP contribution in [0.3, 0.4) is 0 Å². The number of hydrogen-bond acceptors (Lipinski definition) is 3. The van der Waals surface area contributed by atoms with Crippen LogP contribution in [-0.2, 0) is 11.2 Å². The van der Waals surface area contributed by atoms with Gasteiger partial charge in [-0.1, -0.05) is 28.1 Å². The number of amides is 1. The average molecular weight is 348 g/mol. The van der Waals surface area contributed by atoms with Gasteiger partial charge in [0.25, 0.3) is 0 Å². The Balaban J connectivity index is 1.85. The molecule has 0 bridgehead atoms. The van der Waals surface area contributed by atoms with Gasteiger partial charge >= 0.3 is 0 Å². The van der Waals surface area contributed by atoms with E-state index in [1.54, 1.807) is 6.20 Å². The Labute approximate surface area is 132 Å². The number of pyridine rings is 1. The number of carbonyl (C=O) groups excluding carboxylic acids is 1. The van der Waals surface area contributed by atoms with Crippen molar-refractivity contribution >= 4 is 32.7 Å². The summed E-state index contributed by atoms with van der Waals surface area (Å²) >= 11 is 3.54. The van der Waals surface area contributed by atoms with Crippen molar-refractivity contribution in [1.82, 2.24) is 10.3 Å². The Morgan fingerprint density at radius 1 is 1.43 bits per heavy atom. The molecular formula is C16H18BrN3O. The van der Waals surface area contributed by atoms with Crippen molar-refractivity contribution in [3.8, 4) is 0 Å². The molecule has 1 aromatic heterocycles. The van der Waals surface area contributed by atoms with Crippen LogP contribution in [0.25, 0.3) is 10.9 Å². The fraction of sp³-hybridized carbons (Fsp3) is 0.375. The number of benzene rings is 1. The minimum Gasteiger partial charge on any atom is -0.353 e. The minimum absolute atomic E-state index is 0.0620. The molecule has 1 atom stereocenters. The molecule has 2 aromatic rings. The molecule has 1 aliphatic rings. The molecule has 1 amide bonds. The molecule has 4 nitrogen and oxygen atoms in total. The van der Waals surface area contributed by atoms with Gasteiger partial charge in [-0.15, -0.1) is 0 Å². The summed E-state index contributed by atoms with van der Waals surface area (Å²) in [5.74, 6) is -0.135. The Kier molecular flexibility index (Phi) is 4.22. The van der Waals surface area contributed by atoms with Crippen molar-refractivity contribution in [2.24, 2.45) is 11.7 Å². The third-order valence-electron chi connectivity index (χ3n) is 3.85. The summed E-state index contributed by atoms with van der Waals surface area (Å²) in [6.07, 6.45) is 4.58. The van der Waals surface area contributed by atoms with E-state index in [1.165, 1.54) is 0 Å². The van der Waals surface area contributed by atoms with Crippen LogP contribution in [0.2, 0.25) is 0 Å². The maximum Gasteiger partial charge on any atom is 0.224 e. The molecule has 21 heavy (non-hydrogen) atoms. The molecule has 0 saturated heterocycles. The zero-order chi connectivity index (χ0) is 14.8. The Morgan fingerprint density at radius 3 is 2.95 bits per heavy atom. The third-order valence-corrected chi connectivity index (χ3v) is 4.54. The standard InChI is InChI=1S/C16H18BrN3O/c17-14-6-3-10(15-13(14)2-1-7-19-15)8-11(9-18)16(21)20-12-4-5-12/h1-3,6-7,11-12H,4-5,8-9,18H2,(H,20,21). The zero-order valence-corrected chi connectivity index (χ0v) is 13.3. The van der Waals surface area contributed by atoms with Gasteiger partial charge in [-0.05, 0) is 37.0 Å². The highest BCUT2D eigenvalue weighted by Gasteiger charge is 2.27. The quantitative estimate of drug-likeness (QED) is 0.872. The Morgan fingerprint density at radius 2 is 2.24 bits per heavy atom. The summed E-state index contributed by atoms with van der Waals surface area (Å²) in [6.45, 7) is 0.350. The van der Waals surface area contributed by atoms with Crippen molar-refractivity contribution in [2.75, 3.05) is 6.54 Å². The second-order valence-electron chi connectivity index (χ2n) is 5.53. The van der Waals surface area contributed by atoms with Gasteiger partial charge in [0, 0.05) is 28.6 Å². The highest BCUT2D eigenvalue weighted by atomic mass is 79.9. The lowest BCUT2D eigenvalue weighted by atomic mass is 9.96. The van der Waals surface area contributed by atoms with Gasteiger partial charge in [-0.25, -0.2) is 0 Å². The van der Waals surface area contributed by atoms with Crippen LogP contribution in [0.1, 0.15) is 18.4 Å². The first-order valence-corrected chi connectivity index (χ1v) is 8.01. The van der Waals surface area contributed by atoms with Gasteiger partial charge in [-0.3, -0.25) is 9.78 Å². The molecule has 3 N–H and O–H groups in total. The molecule has 0 radical (unpaired) electrons. The summed E-state index contributed by atoms with van der Waals surface area (Å²) in [5.41, 5.74) is 7.80. The predicted molar refractivity (Wildman–Crippen MR) is 86.9 cm³/mol. The highest BCUT2D eigenvalue weighted by molar-refractivity contribution is 9.10. The monoisotopic (exact) mass is 347 g/mol. The second-order valence-corrected chi connectivity index (χ2v) is 6.38. The van der Waals surface area contributed by atoms with Crippen molar-refractivity contribution in [3.63, 3.8) is 0 Å². The summed E-state index contributed by atoms with van der Waals surface area (Å²) in [6, 6.07) is 8.33. The van der Waals surface area contributed by atoms with Gasteiger partial charge in [-0.2, -0.15) is 0 Å². The minimum atomic E-state index is -0.197. The van der Waals surface area contributed by atoms with E-state index in [2.05, 4.69) is 26.2 Å². The van der Waals surface area contributed by atoms with E-state index in [0.717, 1.165) is 33.8 Å². The van der Waals surface area contributed by atoms with Crippen LogP contribution in [0.15, 0.2) is 34.9 Å². The molecule has 3 rings (SSSR count). The number of carbonyl (C=O) groups is 1. The number of aromatic nitrogens is 1. The fourth-order valence-corrected chi connectivity index (χ4v) is 2.91. The van der Waals surface area contributed by atoms with Crippen molar-refractivity contribution in [1.29, 1.82) is 0 Å². The average Bonchev–Trinajstić information content (AvgIpc) is 3.31. The number of fused-ring (bicyclic) bond motifs is 1. The van der Waals surface area contributed by atoms with Gasteiger partial charge in [0.2, 0.25) is 5.91 Å². The van der Waals surface area contributed by atoms with E-state index in [9.17, 15) is 4.79 Å². The van der Waals surface area contributed by atoms with Gasteiger partial charge < -0.3 is 11.1 Å². The van der Waals surface area contributed by atoms with Crippen molar-refractivity contribution in [3.05, 3.63) is 40.5 Å². The van der Waals surface area contributed by atoms with E-state index in [0.29, 0.717) is 19.0 Å². The second kappa shape index (κ2) is 6.12. The molecule has 1 fully saturated rings. The topological polar surface area (TPSA) is 68.0 Å². The number of nitrogens with zero attached hydrogens (tertiary/aromatic N) is 1. The number of rotatable bonds is 5. The predicted octanol–water partition coefficient (Wildman–Crippen LogP) is 2.39. The van der Waals surface area contributed by atoms with E-state index in [-0.39, 0.29) is 11.8 Å². The van der Waals surface area contributed by atoms with Gasteiger partial charge in [0.1, 0.15) is 0 Å². The Hall–Kier alpha value is -1.46. The maximum atomic E-state index is 12.2. The van der Waals surface area contributed by atoms with Crippen LogP contribution in [0, 0.1) is 5.92 Å². The number of hydrogen-bond donors (Lipinski definition) is 2. The van der Waals surface area contributed by atoms with Crippen LogP contribution in [0.4, 0.5) is 0 Å². The molecule has 1 saturated carbocycles. The van der Waals surface area contributed by atoms with Crippen molar-refractivity contribution < 1.29 is 4.79 Å². The Bertz CT molecular complexity index is 670. The molecule has 110 valence electrons. The fourth-order valence-electron chi connectivity index (χ4n) is 2.46. The van der Waals surface area contributed by atoms with Gasteiger partial charge in [0.05, 0.1) is 11.4 Å². The molecule has 0 aliphatic heterocycles. The molecule has 1 aliphatic carbocycles. The van der Waals surface area contributed by atoms with Crippen LogP contribution in [0.5, 0.6) is 0 Å². The summed E-state index contributed by atoms with van der Waals surface area (Å²) in [5, 5.41) is 4.10. The lowest BCUT2D eigenvalue weighted by Gasteiger charge is -2.16. The lowest BCUT2D eigenvalue weighted by molar-refractivity contribution is -0.124. The first-order chi connectivity index (χ1) is 10.2. The summed E-state index contributed by atoms with van der Waals surface area (Å²) < 4.78 is 1.01. The molecule has 1 heterocycles. The highest BCUT2D eigenvalue weighted by Crippen LogP contribution is 2.27. The van der Waals surface area contributed by atoms with E-state index in [1.807, 2.05) is 24.3 Å².